The summed E-state index contributed by atoms with van der Waals surface area (Å²) < 4.78 is 13.2. The SMILES string of the molecule is CN1C(=O)CC(C(=O)NCCc2ccccc2)C1c1ccc(F)cc1. The highest BCUT2D eigenvalue weighted by Crippen LogP contribution is 2.37. The van der Waals surface area contributed by atoms with Crippen LogP contribution in [0.15, 0.2) is 54.6 Å². The van der Waals surface area contributed by atoms with Gasteiger partial charge in [0.1, 0.15) is 5.82 Å². The predicted octanol–water partition coefficient (Wildman–Crippen LogP) is 2.70. The van der Waals surface area contributed by atoms with Crippen LogP contribution in [-0.2, 0) is 16.0 Å². The molecule has 0 saturated carbocycles. The summed E-state index contributed by atoms with van der Waals surface area (Å²) in [6, 6.07) is 15.5. The minimum atomic E-state index is -0.460. The fourth-order valence-corrected chi connectivity index (χ4v) is 3.33. The lowest BCUT2D eigenvalue weighted by molar-refractivity contribution is -0.128. The Hall–Kier alpha value is -2.69. The summed E-state index contributed by atoms with van der Waals surface area (Å²) in [5, 5.41) is 2.93. The summed E-state index contributed by atoms with van der Waals surface area (Å²) in [5.41, 5.74) is 1.93. The molecule has 4 nitrogen and oxygen atoms in total. The number of rotatable bonds is 5. The van der Waals surface area contributed by atoms with Crippen molar-refractivity contribution in [2.24, 2.45) is 5.92 Å². The van der Waals surface area contributed by atoms with Crippen LogP contribution in [-0.4, -0.2) is 30.3 Å². The summed E-state index contributed by atoms with van der Waals surface area (Å²) in [6.45, 7) is 0.521. The molecule has 2 amide bonds. The van der Waals surface area contributed by atoms with E-state index in [-0.39, 0.29) is 30.1 Å². The number of nitrogens with zero attached hydrogens (tertiary/aromatic N) is 1. The second kappa shape index (κ2) is 7.47. The van der Waals surface area contributed by atoms with Gasteiger partial charge in [-0.05, 0) is 29.7 Å². The van der Waals surface area contributed by atoms with E-state index in [1.54, 1.807) is 24.1 Å². The second-order valence-corrected chi connectivity index (χ2v) is 6.34. The van der Waals surface area contributed by atoms with Gasteiger partial charge < -0.3 is 10.2 Å². The number of likely N-dealkylation sites (tertiary alicyclic amines) is 1. The molecule has 3 rings (SSSR count). The Morgan fingerprint density at radius 1 is 1.16 bits per heavy atom. The maximum absolute atomic E-state index is 13.2. The van der Waals surface area contributed by atoms with Crippen LogP contribution in [0.3, 0.4) is 0 Å². The normalized spacial score (nSPS) is 19.9. The van der Waals surface area contributed by atoms with E-state index in [0.717, 1.165) is 17.5 Å². The molecule has 1 heterocycles. The zero-order chi connectivity index (χ0) is 17.8. The first-order valence-corrected chi connectivity index (χ1v) is 8.39. The van der Waals surface area contributed by atoms with Crippen molar-refractivity contribution in [2.45, 2.75) is 18.9 Å². The lowest BCUT2D eigenvalue weighted by Gasteiger charge is -2.25. The summed E-state index contributed by atoms with van der Waals surface area (Å²) in [4.78, 5) is 26.3. The number of halogens is 1. The van der Waals surface area contributed by atoms with Gasteiger partial charge in [-0.2, -0.15) is 0 Å². The molecule has 1 saturated heterocycles. The molecule has 1 N–H and O–H groups in total. The minimum absolute atomic E-state index is 0.0717. The molecule has 0 aromatic heterocycles. The number of hydrogen-bond acceptors (Lipinski definition) is 2. The molecular weight excluding hydrogens is 319 g/mol. The third-order valence-electron chi connectivity index (χ3n) is 4.69. The molecule has 0 bridgehead atoms. The Balaban J connectivity index is 1.67. The molecule has 0 radical (unpaired) electrons. The monoisotopic (exact) mass is 340 g/mol. The first-order valence-electron chi connectivity index (χ1n) is 8.39. The molecule has 1 fully saturated rings. The lowest BCUT2D eigenvalue weighted by Crippen LogP contribution is -2.35. The van der Waals surface area contributed by atoms with Crippen molar-refractivity contribution in [1.29, 1.82) is 0 Å². The highest BCUT2D eigenvalue weighted by Gasteiger charge is 2.42. The van der Waals surface area contributed by atoms with Crippen LogP contribution in [0.25, 0.3) is 0 Å². The van der Waals surface area contributed by atoms with E-state index in [1.165, 1.54) is 12.1 Å². The van der Waals surface area contributed by atoms with Crippen molar-refractivity contribution in [3.8, 4) is 0 Å². The average molecular weight is 340 g/mol. The Morgan fingerprint density at radius 3 is 2.52 bits per heavy atom. The zero-order valence-corrected chi connectivity index (χ0v) is 14.1. The summed E-state index contributed by atoms with van der Waals surface area (Å²) in [5.74, 6) is -1.00. The van der Waals surface area contributed by atoms with E-state index in [4.69, 9.17) is 0 Å². The third kappa shape index (κ3) is 3.87. The van der Waals surface area contributed by atoms with Crippen LogP contribution in [0.2, 0.25) is 0 Å². The maximum Gasteiger partial charge on any atom is 0.226 e. The molecule has 130 valence electrons. The van der Waals surface area contributed by atoms with Gasteiger partial charge in [0.2, 0.25) is 11.8 Å². The summed E-state index contributed by atoms with van der Waals surface area (Å²) in [7, 11) is 1.69. The van der Waals surface area contributed by atoms with Crippen LogP contribution in [0.5, 0.6) is 0 Å². The van der Waals surface area contributed by atoms with Gasteiger partial charge in [-0.25, -0.2) is 4.39 Å². The Kier molecular flexibility index (Phi) is 5.12. The van der Waals surface area contributed by atoms with E-state index >= 15 is 0 Å². The maximum atomic E-state index is 13.2. The molecule has 2 atom stereocenters. The van der Waals surface area contributed by atoms with Crippen LogP contribution >= 0.6 is 0 Å². The molecule has 1 aliphatic rings. The quantitative estimate of drug-likeness (QED) is 0.910. The van der Waals surface area contributed by atoms with E-state index in [2.05, 4.69) is 5.32 Å². The van der Waals surface area contributed by atoms with Crippen molar-refractivity contribution < 1.29 is 14.0 Å². The fourth-order valence-electron chi connectivity index (χ4n) is 3.33. The standard InChI is InChI=1S/C20H21FN2O2/c1-23-18(24)13-17(19(23)15-7-9-16(21)10-8-15)20(25)22-12-11-14-5-3-2-4-6-14/h2-10,17,19H,11-13H2,1H3,(H,22,25). The summed E-state index contributed by atoms with van der Waals surface area (Å²) >= 11 is 0. The van der Waals surface area contributed by atoms with Gasteiger partial charge in [-0.3, -0.25) is 9.59 Å². The second-order valence-electron chi connectivity index (χ2n) is 6.34. The van der Waals surface area contributed by atoms with Crippen LogP contribution in [0.4, 0.5) is 4.39 Å². The van der Waals surface area contributed by atoms with Crippen molar-refractivity contribution in [2.75, 3.05) is 13.6 Å². The van der Waals surface area contributed by atoms with E-state index < -0.39 is 5.92 Å². The fraction of sp³-hybridized carbons (Fsp3) is 0.300. The Morgan fingerprint density at radius 2 is 1.84 bits per heavy atom. The molecule has 25 heavy (non-hydrogen) atoms. The highest BCUT2D eigenvalue weighted by atomic mass is 19.1. The highest BCUT2D eigenvalue weighted by molar-refractivity contribution is 5.90. The minimum Gasteiger partial charge on any atom is -0.355 e. The summed E-state index contributed by atoms with van der Waals surface area (Å²) in [6.07, 6.45) is 0.917. The molecule has 0 aliphatic carbocycles. The van der Waals surface area contributed by atoms with Gasteiger partial charge in [0.05, 0.1) is 12.0 Å². The van der Waals surface area contributed by atoms with Gasteiger partial charge in [-0.15, -0.1) is 0 Å². The van der Waals surface area contributed by atoms with Crippen LogP contribution in [0.1, 0.15) is 23.6 Å². The molecule has 2 unspecified atom stereocenters. The number of nitrogens with one attached hydrogen (secondary N) is 1. The molecule has 2 aromatic carbocycles. The molecule has 2 aromatic rings. The predicted molar refractivity (Wildman–Crippen MR) is 93.2 cm³/mol. The number of benzene rings is 2. The number of carbonyl (C=O) groups is 2. The Bertz CT molecular complexity index is 746. The topological polar surface area (TPSA) is 49.4 Å². The lowest BCUT2D eigenvalue weighted by atomic mass is 9.93. The van der Waals surface area contributed by atoms with Crippen LogP contribution in [0, 0.1) is 11.7 Å². The van der Waals surface area contributed by atoms with Crippen LogP contribution < -0.4 is 5.32 Å². The van der Waals surface area contributed by atoms with Gasteiger partial charge >= 0.3 is 0 Å². The van der Waals surface area contributed by atoms with Crippen molar-refractivity contribution in [3.63, 3.8) is 0 Å². The first-order chi connectivity index (χ1) is 12.1. The number of hydrogen-bond donors (Lipinski definition) is 1. The Labute approximate surface area is 146 Å². The smallest absolute Gasteiger partial charge is 0.226 e. The van der Waals surface area contributed by atoms with E-state index in [0.29, 0.717) is 6.54 Å². The van der Waals surface area contributed by atoms with Crippen molar-refractivity contribution in [3.05, 3.63) is 71.5 Å². The third-order valence-corrected chi connectivity index (χ3v) is 4.69. The van der Waals surface area contributed by atoms with Gasteiger partial charge in [0, 0.05) is 20.0 Å². The van der Waals surface area contributed by atoms with Gasteiger partial charge in [-0.1, -0.05) is 42.5 Å². The number of carbonyl (C=O) groups excluding carboxylic acids is 2. The first kappa shape index (κ1) is 17.1. The van der Waals surface area contributed by atoms with Crippen molar-refractivity contribution in [1.82, 2.24) is 10.2 Å². The van der Waals surface area contributed by atoms with E-state index in [1.807, 2.05) is 30.3 Å². The molecule has 5 heteroatoms. The number of amides is 2. The van der Waals surface area contributed by atoms with Gasteiger partial charge in [0.25, 0.3) is 0 Å². The van der Waals surface area contributed by atoms with Crippen molar-refractivity contribution >= 4 is 11.8 Å². The largest absolute Gasteiger partial charge is 0.355 e. The zero-order valence-electron chi connectivity index (χ0n) is 14.1. The molecule has 0 spiro atoms. The molecular formula is C20H21FN2O2. The molecule has 1 aliphatic heterocycles. The average Bonchev–Trinajstić information content (AvgIpc) is 2.92. The van der Waals surface area contributed by atoms with Gasteiger partial charge in [0.15, 0.2) is 0 Å². The van der Waals surface area contributed by atoms with E-state index in [9.17, 15) is 14.0 Å².